The summed E-state index contributed by atoms with van der Waals surface area (Å²) in [5, 5.41) is 8.89. The van der Waals surface area contributed by atoms with Crippen molar-refractivity contribution in [2.45, 2.75) is 46.0 Å². The van der Waals surface area contributed by atoms with Gasteiger partial charge in [-0.15, -0.1) is 0 Å². The van der Waals surface area contributed by atoms with E-state index in [1.165, 1.54) is 27.8 Å². The van der Waals surface area contributed by atoms with E-state index in [0.717, 1.165) is 12.8 Å². The van der Waals surface area contributed by atoms with Crippen LogP contribution in [-0.4, -0.2) is 11.1 Å². The number of hydrogen-bond acceptors (Lipinski definition) is 1. The van der Waals surface area contributed by atoms with Crippen LogP contribution >= 0.6 is 0 Å². The molecule has 0 fully saturated rings. The minimum Gasteiger partial charge on any atom is -0.481 e. The Labute approximate surface area is 96.3 Å². The van der Waals surface area contributed by atoms with Gasteiger partial charge in [0.25, 0.3) is 0 Å². The number of aliphatic carboxylic acids is 1. The van der Waals surface area contributed by atoms with Gasteiger partial charge in [0.2, 0.25) is 0 Å². The third-order valence-corrected chi connectivity index (χ3v) is 3.93. The first kappa shape index (κ1) is 11.2. The van der Waals surface area contributed by atoms with E-state index in [1.54, 1.807) is 0 Å². The molecule has 0 saturated heterocycles. The molecule has 2 heteroatoms. The van der Waals surface area contributed by atoms with Gasteiger partial charge in [-0.1, -0.05) is 6.07 Å². The van der Waals surface area contributed by atoms with Gasteiger partial charge in [0, 0.05) is 0 Å². The van der Waals surface area contributed by atoms with E-state index in [9.17, 15) is 4.79 Å². The summed E-state index contributed by atoms with van der Waals surface area (Å²) < 4.78 is 0. The fourth-order valence-corrected chi connectivity index (χ4v) is 2.76. The van der Waals surface area contributed by atoms with Gasteiger partial charge in [-0.3, -0.25) is 4.79 Å². The summed E-state index contributed by atoms with van der Waals surface area (Å²) in [4.78, 5) is 10.8. The fourth-order valence-electron chi connectivity index (χ4n) is 2.76. The molecule has 1 aliphatic carbocycles. The van der Waals surface area contributed by atoms with Crippen LogP contribution in [0.15, 0.2) is 6.07 Å². The molecule has 0 heterocycles. The third kappa shape index (κ3) is 1.73. The smallest absolute Gasteiger partial charge is 0.303 e. The normalized spacial score (nSPS) is 18.6. The second-order valence-corrected chi connectivity index (χ2v) is 4.84. The standard InChI is InChI=1S/C14H18O2/c1-8-6-13-11(7-14(15)16)4-5-12(13)10(3)9(8)2/h6,11H,4-5,7H2,1-3H3,(H,15,16). The number of hydrogen-bond donors (Lipinski definition) is 1. The van der Waals surface area contributed by atoms with Crippen LogP contribution in [0.1, 0.15) is 46.6 Å². The van der Waals surface area contributed by atoms with E-state index in [4.69, 9.17) is 5.11 Å². The maximum absolute atomic E-state index is 10.8. The van der Waals surface area contributed by atoms with Crippen molar-refractivity contribution in [3.8, 4) is 0 Å². The molecule has 1 aliphatic rings. The Morgan fingerprint density at radius 1 is 1.38 bits per heavy atom. The molecule has 0 aliphatic heterocycles. The molecule has 16 heavy (non-hydrogen) atoms. The first-order valence-corrected chi connectivity index (χ1v) is 5.82. The molecule has 0 radical (unpaired) electrons. The Bertz CT molecular complexity index is 447. The van der Waals surface area contributed by atoms with Crippen LogP contribution < -0.4 is 0 Å². The minimum absolute atomic E-state index is 0.227. The highest BCUT2D eigenvalue weighted by atomic mass is 16.4. The molecule has 1 atom stereocenters. The molecule has 1 unspecified atom stereocenters. The molecule has 1 aromatic rings. The van der Waals surface area contributed by atoms with E-state index in [1.807, 2.05) is 0 Å². The summed E-state index contributed by atoms with van der Waals surface area (Å²) in [7, 11) is 0. The van der Waals surface area contributed by atoms with Gasteiger partial charge in [0.05, 0.1) is 6.42 Å². The zero-order valence-corrected chi connectivity index (χ0v) is 10.1. The Balaban J connectivity index is 2.44. The maximum atomic E-state index is 10.8. The molecule has 2 nitrogen and oxygen atoms in total. The lowest BCUT2D eigenvalue weighted by Gasteiger charge is -2.14. The van der Waals surface area contributed by atoms with Crippen molar-refractivity contribution in [2.75, 3.05) is 0 Å². The van der Waals surface area contributed by atoms with Crippen molar-refractivity contribution in [1.82, 2.24) is 0 Å². The summed E-state index contributed by atoms with van der Waals surface area (Å²) in [5.41, 5.74) is 6.68. The summed E-state index contributed by atoms with van der Waals surface area (Å²) >= 11 is 0. The van der Waals surface area contributed by atoms with Crippen LogP contribution in [-0.2, 0) is 11.2 Å². The van der Waals surface area contributed by atoms with Gasteiger partial charge in [0.15, 0.2) is 0 Å². The molecule has 0 amide bonds. The average molecular weight is 218 g/mol. The van der Waals surface area contributed by atoms with Crippen molar-refractivity contribution in [2.24, 2.45) is 0 Å². The summed E-state index contributed by atoms with van der Waals surface area (Å²) in [5.74, 6) is -0.459. The van der Waals surface area contributed by atoms with E-state index in [2.05, 4.69) is 26.8 Å². The summed E-state index contributed by atoms with van der Waals surface area (Å²) in [6.45, 7) is 6.42. The van der Waals surface area contributed by atoms with Crippen molar-refractivity contribution in [3.63, 3.8) is 0 Å². The van der Waals surface area contributed by atoms with Crippen molar-refractivity contribution in [1.29, 1.82) is 0 Å². The van der Waals surface area contributed by atoms with E-state index < -0.39 is 5.97 Å². The topological polar surface area (TPSA) is 37.3 Å². The third-order valence-electron chi connectivity index (χ3n) is 3.93. The number of carboxylic acid groups (broad SMARTS) is 1. The zero-order valence-electron chi connectivity index (χ0n) is 10.1. The highest BCUT2D eigenvalue weighted by Crippen LogP contribution is 2.39. The van der Waals surface area contributed by atoms with Crippen LogP contribution in [0, 0.1) is 20.8 Å². The molecule has 0 saturated carbocycles. The van der Waals surface area contributed by atoms with Crippen molar-refractivity contribution >= 4 is 5.97 Å². The minimum atomic E-state index is -0.686. The quantitative estimate of drug-likeness (QED) is 0.828. The molecule has 86 valence electrons. The van der Waals surface area contributed by atoms with Crippen LogP contribution in [0.4, 0.5) is 0 Å². The van der Waals surface area contributed by atoms with Crippen molar-refractivity contribution < 1.29 is 9.90 Å². The van der Waals surface area contributed by atoms with E-state index in [-0.39, 0.29) is 12.3 Å². The maximum Gasteiger partial charge on any atom is 0.303 e. The van der Waals surface area contributed by atoms with Gasteiger partial charge in [0.1, 0.15) is 0 Å². The van der Waals surface area contributed by atoms with E-state index >= 15 is 0 Å². The Morgan fingerprint density at radius 3 is 2.69 bits per heavy atom. The number of carbonyl (C=O) groups is 1. The molecular weight excluding hydrogens is 200 g/mol. The van der Waals surface area contributed by atoms with Crippen LogP contribution in [0.25, 0.3) is 0 Å². The Morgan fingerprint density at radius 2 is 2.06 bits per heavy atom. The van der Waals surface area contributed by atoms with Crippen LogP contribution in [0.3, 0.4) is 0 Å². The monoisotopic (exact) mass is 218 g/mol. The summed E-state index contributed by atoms with van der Waals surface area (Å²) in [6.07, 6.45) is 2.31. The summed E-state index contributed by atoms with van der Waals surface area (Å²) in [6, 6.07) is 2.19. The second kappa shape index (κ2) is 3.93. The van der Waals surface area contributed by atoms with Crippen molar-refractivity contribution in [3.05, 3.63) is 33.9 Å². The number of aryl methyl sites for hydroxylation is 1. The molecule has 0 spiro atoms. The lowest BCUT2D eigenvalue weighted by Crippen LogP contribution is -2.04. The Kier molecular flexibility index (Phi) is 2.75. The lowest BCUT2D eigenvalue weighted by molar-refractivity contribution is -0.137. The molecule has 0 bridgehead atoms. The lowest BCUT2D eigenvalue weighted by atomic mass is 9.91. The molecule has 1 N–H and O–H groups in total. The highest BCUT2D eigenvalue weighted by Gasteiger charge is 2.26. The van der Waals surface area contributed by atoms with Gasteiger partial charge < -0.3 is 5.11 Å². The SMILES string of the molecule is Cc1cc2c(c(C)c1C)CCC2CC(=O)O. The van der Waals surface area contributed by atoms with Gasteiger partial charge in [-0.05, 0) is 67.3 Å². The number of carboxylic acids is 1. The number of rotatable bonds is 2. The highest BCUT2D eigenvalue weighted by molar-refractivity contribution is 5.68. The fraction of sp³-hybridized carbons (Fsp3) is 0.500. The number of fused-ring (bicyclic) bond motifs is 1. The molecule has 2 rings (SSSR count). The molecular formula is C14H18O2. The van der Waals surface area contributed by atoms with Gasteiger partial charge >= 0.3 is 5.97 Å². The first-order valence-electron chi connectivity index (χ1n) is 5.82. The van der Waals surface area contributed by atoms with Gasteiger partial charge in [-0.25, -0.2) is 0 Å². The zero-order chi connectivity index (χ0) is 11.9. The second-order valence-electron chi connectivity index (χ2n) is 4.84. The van der Waals surface area contributed by atoms with E-state index in [0.29, 0.717) is 0 Å². The predicted molar refractivity (Wildman–Crippen MR) is 64.0 cm³/mol. The average Bonchev–Trinajstić information content (AvgIpc) is 2.58. The largest absolute Gasteiger partial charge is 0.481 e. The number of benzene rings is 1. The first-order chi connectivity index (χ1) is 7.50. The van der Waals surface area contributed by atoms with Crippen LogP contribution in [0.5, 0.6) is 0 Å². The predicted octanol–water partition coefficient (Wildman–Crippen LogP) is 3.12. The van der Waals surface area contributed by atoms with Crippen LogP contribution in [0.2, 0.25) is 0 Å². The van der Waals surface area contributed by atoms with Gasteiger partial charge in [-0.2, -0.15) is 0 Å². The molecule has 0 aromatic heterocycles. The molecule has 1 aromatic carbocycles. The Hall–Kier alpha value is -1.31.